The van der Waals surface area contributed by atoms with Gasteiger partial charge in [-0.25, -0.2) is 4.98 Å². The first-order valence-electron chi connectivity index (χ1n) is 14.7. The molecular formula is C34H49N3S2. The van der Waals surface area contributed by atoms with E-state index < -0.39 is 0 Å². The van der Waals surface area contributed by atoms with Crippen molar-refractivity contribution in [3.05, 3.63) is 81.6 Å². The van der Waals surface area contributed by atoms with Gasteiger partial charge in [0.05, 0.1) is 16.9 Å². The van der Waals surface area contributed by atoms with E-state index in [2.05, 4.69) is 81.7 Å². The van der Waals surface area contributed by atoms with Gasteiger partial charge in [-0.2, -0.15) is 12.6 Å². The minimum Gasteiger partial charge on any atom is -0.368 e. The van der Waals surface area contributed by atoms with Gasteiger partial charge in [0.1, 0.15) is 0 Å². The molecule has 0 radical (unpaired) electrons. The van der Waals surface area contributed by atoms with E-state index in [-0.39, 0.29) is 0 Å². The van der Waals surface area contributed by atoms with Gasteiger partial charge in [0, 0.05) is 29.8 Å². The standard InChI is InChI=1S/C27H30N2.C5H10S.C2H6.H3NS/c1-6-19-11-10-16(2)12-20(19)14-25-27-23(15-29(25)5)22-9-7-8-21-18(4)17(3)13-24(28-27)26(21)22;6-5-3-1-2-4-5;2*1-2/h6,13-14H,1-2,7-12,15H2,3-5H3;5-6H,1-4H2;1-2H3;2H,1H2/b25-14-;;;. The molecule has 2 N–H and O–H groups in total. The topological polar surface area (TPSA) is 42.2 Å². The van der Waals surface area contributed by atoms with Crippen molar-refractivity contribution in [2.24, 2.45) is 5.14 Å². The number of pyridine rings is 1. The van der Waals surface area contributed by atoms with Crippen LogP contribution in [0.3, 0.4) is 0 Å². The van der Waals surface area contributed by atoms with Crippen LogP contribution in [-0.2, 0) is 19.4 Å². The van der Waals surface area contributed by atoms with E-state index in [1.807, 2.05) is 19.9 Å². The third kappa shape index (κ3) is 6.86. The van der Waals surface area contributed by atoms with Crippen molar-refractivity contribution in [1.29, 1.82) is 0 Å². The molecule has 1 aromatic heterocycles. The molecule has 39 heavy (non-hydrogen) atoms. The smallest absolute Gasteiger partial charge is 0.0923 e. The van der Waals surface area contributed by atoms with Crippen LogP contribution in [0.25, 0.3) is 16.6 Å². The van der Waals surface area contributed by atoms with Gasteiger partial charge >= 0.3 is 0 Å². The van der Waals surface area contributed by atoms with Crippen molar-refractivity contribution in [1.82, 2.24) is 9.88 Å². The number of thiol groups is 2. The second kappa shape index (κ2) is 14.6. The van der Waals surface area contributed by atoms with Crippen LogP contribution >= 0.6 is 25.4 Å². The molecular weight excluding hydrogens is 515 g/mol. The number of aromatic nitrogens is 1. The second-order valence-corrected chi connectivity index (χ2v) is 11.7. The van der Waals surface area contributed by atoms with Crippen LogP contribution in [0.15, 0.2) is 48.1 Å². The largest absolute Gasteiger partial charge is 0.368 e. The summed E-state index contributed by atoms with van der Waals surface area (Å²) in [5, 5.41) is 6.38. The van der Waals surface area contributed by atoms with Crippen molar-refractivity contribution in [3.8, 4) is 0 Å². The molecule has 6 rings (SSSR count). The highest BCUT2D eigenvalue weighted by Crippen LogP contribution is 2.42. The predicted octanol–water partition coefficient (Wildman–Crippen LogP) is 9.02. The van der Waals surface area contributed by atoms with E-state index in [1.165, 1.54) is 106 Å². The summed E-state index contributed by atoms with van der Waals surface area (Å²) in [6.07, 6.45) is 16.6. The first kappa shape index (κ1) is 31.6. The molecule has 0 atom stereocenters. The molecule has 4 aliphatic rings. The number of fused-ring (bicyclic) bond motifs is 2. The predicted molar refractivity (Wildman–Crippen MR) is 179 cm³/mol. The summed E-state index contributed by atoms with van der Waals surface area (Å²) in [4.78, 5) is 7.63. The zero-order valence-corrected chi connectivity index (χ0v) is 26.7. The fraction of sp³-hybridized carbons (Fsp3) is 0.500. The Morgan fingerprint density at radius 3 is 2.26 bits per heavy atom. The highest BCUT2D eigenvalue weighted by atomic mass is 32.1. The Balaban J connectivity index is 0.000000362. The van der Waals surface area contributed by atoms with Gasteiger partial charge in [0.25, 0.3) is 0 Å². The Hall–Kier alpha value is -1.95. The lowest BCUT2D eigenvalue weighted by atomic mass is 9.83. The fourth-order valence-electron chi connectivity index (χ4n) is 6.36. The maximum absolute atomic E-state index is 5.25. The van der Waals surface area contributed by atoms with Crippen LogP contribution in [0, 0.1) is 13.8 Å². The lowest BCUT2D eigenvalue weighted by Crippen LogP contribution is -2.10. The number of hydrogen-bond acceptors (Lipinski definition) is 5. The molecule has 1 saturated carbocycles. The minimum absolute atomic E-state index is 0.741. The van der Waals surface area contributed by atoms with E-state index in [1.54, 1.807) is 5.56 Å². The maximum Gasteiger partial charge on any atom is 0.0923 e. The molecule has 1 aliphatic heterocycles. The van der Waals surface area contributed by atoms with Gasteiger partial charge in [0.15, 0.2) is 0 Å². The Kier molecular flexibility index (Phi) is 11.8. The Morgan fingerprint density at radius 2 is 1.64 bits per heavy atom. The van der Waals surface area contributed by atoms with Crippen molar-refractivity contribution >= 4 is 42.0 Å². The fourth-order valence-corrected chi connectivity index (χ4v) is 6.72. The maximum atomic E-state index is 5.25. The number of nitrogens with two attached hydrogens (primary N) is 1. The third-order valence-corrected chi connectivity index (χ3v) is 9.04. The highest BCUT2D eigenvalue weighted by molar-refractivity contribution is 7.81. The van der Waals surface area contributed by atoms with E-state index >= 15 is 0 Å². The molecule has 2 aromatic rings. The van der Waals surface area contributed by atoms with E-state index in [0.717, 1.165) is 31.1 Å². The summed E-state index contributed by atoms with van der Waals surface area (Å²) in [5.74, 6) is 0. The first-order chi connectivity index (χ1) is 18.9. The molecule has 0 amide bonds. The lowest BCUT2D eigenvalue weighted by Gasteiger charge is -2.22. The first-order valence-corrected chi connectivity index (χ1v) is 15.7. The molecule has 212 valence electrons. The average Bonchev–Trinajstić information content (AvgIpc) is 3.56. The molecule has 3 aliphatic carbocycles. The summed E-state index contributed by atoms with van der Waals surface area (Å²) >= 11 is 7.32. The number of allylic oxidation sites excluding steroid dienone is 5. The quantitative estimate of drug-likeness (QED) is 0.252. The van der Waals surface area contributed by atoms with E-state index in [4.69, 9.17) is 4.98 Å². The number of hydrogen-bond donors (Lipinski definition) is 3. The molecule has 2 heterocycles. The van der Waals surface area contributed by atoms with Crippen LogP contribution < -0.4 is 5.14 Å². The lowest BCUT2D eigenvalue weighted by molar-refractivity contribution is 0.498. The van der Waals surface area contributed by atoms with Gasteiger partial charge in [0.2, 0.25) is 0 Å². The monoisotopic (exact) mass is 563 g/mol. The van der Waals surface area contributed by atoms with Crippen LogP contribution in [0.1, 0.15) is 98.7 Å². The summed E-state index contributed by atoms with van der Waals surface area (Å²) < 4.78 is 0. The average molecular weight is 564 g/mol. The van der Waals surface area contributed by atoms with E-state index in [0.29, 0.717) is 0 Å². The summed E-state index contributed by atoms with van der Waals surface area (Å²) in [5.41, 5.74) is 15.0. The van der Waals surface area contributed by atoms with Crippen LogP contribution in [0.2, 0.25) is 0 Å². The number of nitrogens with zero attached hydrogens (tertiary/aromatic N) is 2. The van der Waals surface area contributed by atoms with Crippen molar-refractivity contribution in [3.63, 3.8) is 0 Å². The summed E-state index contributed by atoms with van der Waals surface area (Å²) in [7, 11) is 2.21. The molecule has 0 saturated heterocycles. The third-order valence-electron chi connectivity index (χ3n) is 8.53. The zero-order chi connectivity index (χ0) is 28.7. The zero-order valence-electron chi connectivity index (χ0n) is 24.9. The van der Waals surface area contributed by atoms with Gasteiger partial charge < -0.3 is 4.90 Å². The van der Waals surface area contributed by atoms with Gasteiger partial charge in [-0.3, -0.25) is 5.14 Å². The highest BCUT2D eigenvalue weighted by Gasteiger charge is 2.30. The van der Waals surface area contributed by atoms with Crippen molar-refractivity contribution < 1.29 is 0 Å². The number of benzene rings is 1. The molecule has 3 nitrogen and oxygen atoms in total. The molecule has 1 fully saturated rings. The molecule has 0 unspecified atom stereocenters. The molecule has 1 aromatic carbocycles. The molecule has 0 spiro atoms. The second-order valence-electron chi connectivity index (χ2n) is 11.0. The Bertz CT molecular complexity index is 1270. The van der Waals surface area contributed by atoms with Crippen LogP contribution in [-0.4, -0.2) is 22.2 Å². The normalized spacial score (nSPS) is 19.1. The molecule has 5 heteroatoms. The van der Waals surface area contributed by atoms with Crippen molar-refractivity contribution in [2.75, 3.05) is 7.05 Å². The number of aryl methyl sites for hydroxylation is 3. The van der Waals surface area contributed by atoms with Gasteiger partial charge in [-0.05, 0) is 111 Å². The van der Waals surface area contributed by atoms with Crippen LogP contribution in [0.5, 0.6) is 0 Å². The summed E-state index contributed by atoms with van der Waals surface area (Å²) in [6.45, 7) is 17.8. The van der Waals surface area contributed by atoms with Crippen LogP contribution in [0.4, 0.5) is 0 Å². The van der Waals surface area contributed by atoms with Gasteiger partial charge in [-0.15, -0.1) is 12.8 Å². The minimum atomic E-state index is 0.741. The summed E-state index contributed by atoms with van der Waals surface area (Å²) in [6, 6.07) is 2.30. The van der Waals surface area contributed by atoms with E-state index in [9.17, 15) is 0 Å². The Labute approximate surface area is 248 Å². The van der Waals surface area contributed by atoms with Gasteiger partial charge in [-0.1, -0.05) is 51.5 Å². The van der Waals surface area contributed by atoms with Crippen molar-refractivity contribution in [2.45, 2.75) is 104 Å². The molecule has 0 bridgehead atoms. The SMILES string of the molecule is C=CC1=C(/C=C2/c3nc4cc(C)c(C)c5c4c(c3CN2C)CCC5)CC(=C)CC1.CC.NS.SC1CCCC1. The number of rotatable bonds is 2. The Morgan fingerprint density at radius 1 is 0.974 bits per heavy atom.